The first kappa shape index (κ1) is 9.99. The van der Waals surface area contributed by atoms with Crippen molar-refractivity contribution in [1.82, 2.24) is 0 Å². The van der Waals surface area contributed by atoms with E-state index in [2.05, 4.69) is 13.0 Å². The minimum absolute atomic E-state index is 0.698. The summed E-state index contributed by atoms with van der Waals surface area (Å²) in [6.45, 7) is 5.58. The van der Waals surface area contributed by atoms with E-state index >= 15 is 0 Å². The Balaban J connectivity index is 3.30. The van der Waals surface area contributed by atoms with Crippen molar-refractivity contribution in [3.63, 3.8) is 0 Å². The van der Waals surface area contributed by atoms with Gasteiger partial charge in [-0.2, -0.15) is 0 Å². The molecule has 0 saturated carbocycles. The smallest absolute Gasteiger partial charge is 0.0673 e. The summed E-state index contributed by atoms with van der Waals surface area (Å²) in [5, 5.41) is 0. The van der Waals surface area contributed by atoms with E-state index < -0.39 is 0 Å². The molecule has 0 radical (unpaired) electrons. The van der Waals surface area contributed by atoms with E-state index in [0.717, 1.165) is 19.6 Å². The molecular formula is C8H15ClO. The fourth-order valence-electron chi connectivity index (χ4n) is 0.623. The van der Waals surface area contributed by atoms with Gasteiger partial charge in [-0.05, 0) is 20.3 Å². The first-order valence-electron chi connectivity index (χ1n) is 3.60. The lowest BCUT2D eigenvalue weighted by Gasteiger charge is -1.99. The van der Waals surface area contributed by atoms with Gasteiger partial charge in [-0.3, -0.25) is 0 Å². The van der Waals surface area contributed by atoms with Crippen LogP contribution in [0.3, 0.4) is 0 Å². The van der Waals surface area contributed by atoms with Crippen LogP contribution in [0.2, 0.25) is 0 Å². The molecule has 0 atom stereocenters. The molecule has 0 spiro atoms. The summed E-state index contributed by atoms with van der Waals surface area (Å²) >= 11 is 5.49. The standard InChI is InChI=1S/C8H15ClO/c1-3-10-7-8(2)5-4-6-9/h5H,3-4,6-7H2,1-2H3. The van der Waals surface area contributed by atoms with Gasteiger partial charge in [0.2, 0.25) is 0 Å². The van der Waals surface area contributed by atoms with Gasteiger partial charge in [0, 0.05) is 12.5 Å². The lowest BCUT2D eigenvalue weighted by atomic mass is 10.3. The summed E-state index contributed by atoms with van der Waals surface area (Å²) in [7, 11) is 0. The molecular weight excluding hydrogens is 148 g/mol. The third-order valence-electron chi connectivity index (χ3n) is 1.14. The van der Waals surface area contributed by atoms with Crippen LogP contribution in [-0.2, 0) is 4.74 Å². The molecule has 0 aliphatic heterocycles. The number of alkyl halides is 1. The van der Waals surface area contributed by atoms with Crippen LogP contribution < -0.4 is 0 Å². The Morgan fingerprint density at radius 1 is 1.60 bits per heavy atom. The second-order valence-electron chi connectivity index (χ2n) is 2.17. The van der Waals surface area contributed by atoms with Gasteiger partial charge in [-0.1, -0.05) is 11.6 Å². The zero-order valence-corrected chi connectivity index (χ0v) is 7.45. The SMILES string of the molecule is CCOCC(C)=CCCCl. The van der Waals surface area contributed by atoms with Crippen molar-refractivity contribution in [2.24, 2.45) is 0 Å². The highest BCUT2D eigenvalue weighted by Gasteiger charge is 1.86. The lowest BCUT2D eigenvalue weighted by molar-refractivity contribution is 0.170. The molecule has 0 aromatic carbocycles. The molecule has 0 aromatic heterocycles. The van der Waals surface area contributed by atoms with Gasteiger partial charge < -0.3 is 4.74 Å². The van der Waals surface area contributed by atoms with Gasteiger partial charge in [-0.15, -0.1) is 11.6 Å². The summed E-state index contributed by atoms with van der Waals surface area (Å²) in [6, 6.07) is 0. The average molecular weight is 163 g/mol. The number of allylic oxidation sites excluding steroid dienone is 1. The van der Waals surface area contributed by atoms with E-state index in [4.69, 9.17) is 16.3 Å². The molecule has 10 heavy (non-hydrogen) atoms. The number of halogens is 1. The normalized spacial score (nSPS) is 12.1. The summed E-state index contributed by atoms with van der Waals surface area (Å²) in [5.74, 6) is 0.698. The maximum absolute atomic E-state index is 5.49. The second-order valence-corrected chi connectivity index (χ2v) is 2.54. The van der Waals surface area contributed by atoms with Gasteiger partial charge in [-0.25, -0.2) is 0 Å². The van der Waals surface area contributed by atoms with E-state index in [9.17, 15) is 0 Å². The van der Waals surface area contributed by atoms with Gasteiger partial charge in [0.15, 0.2) is 0 Å². The monoisotopic (exact) mass is 162 g/mol. The van der Waals surface area contributed by atoms with Crippen molar-refractivity contribution in [3.05, 3.63) is 11.6 Å². The average Bonchev–Trinajstić information content (AvgIpc) is 1.97. The van der Waals surface area contributed by atoms with Crippen LogP contribution in [0.15, 0.2) is 11.6 Å². The van der Waals surface area contributed by atoms with Crippen LogP contribution in [0, 0.1) is 0 Å². The Bertz CT molecular complexity index is 99.4. The maximum Gasteiger partial charge on any atom is 0.0673 e. The van der Waals surface area contributed by atoms with Crippen molar-refractivity contribution in [2.75, 3.05) is 19.1 Å². The summed E-state index contributed by atoms with van der Waals surface area (Å²) in [6.07, 6.45) is 3.06. The van der Waals surface area contributed by atoms with E-state index in [1.165, 1.54) is 5.57 Å². The Labute approximate surface area is 68.0 Å². The first-order chi connectivity index (χ1) is 4.81. The minimum Gasteiger partial charge on any atom is -0.377 e. The first-order valence-corrected chi connectivity index (χ1v) is 4.14. The summed E-state index contributed by atoms with van der Waals surface area (Å²) in [4.78, 5) is 0. The number of ether oxygens (including phenoxy) is 1. The van der Waals surface area contributed by atoms with Crippen molar-refractivity contribution >= 4 is 11.6 Å². The fraction of sp³-hybridized carbons (Fsp3) is 0.750. The Morgan fingerprint density at radius 3 is 2.80 bits per heavy atom. The Morgan fingerprint density at radius 2 is 2.30 bits per heavy atom. The highest BCUT2D eigenvalue weighted by molar-refractivity contribution is 6.17. The van der Waals surface area contributed by atoms with Crippen LogP contribution >= 0.6 is 11.6 Å². The van der Waals surface area contributed by atoms with Gasteiger partial charge in [0.05, 0.1) is 6.61 Å². The van der Waals surface area contributed by atoms with Gasteiger partial charge in [0.25, 0.3) is 0 Å². The van der Waals surface area contributed by atoms with Crippen molar-refractivity contribution in [1.29, 1.82) is 0 Å². The van der Waals surface area contributed by atoms with Crippen LogP contribution in [0.25, 0.3) is 0 Å². The number of hydrogen-bond donors (Lipinski definition) is 0. The predicted molar refractivity (Wildman–Crippen MR) is 45.6 cm³/mol. The number of rotatable bonds is 5. The molecule has 0 unspecified atom stereocenters. The largest absolute Gasteiger partial charge is 0.377 e. The lowest BCUT2D eigenvalue weighted by Crippen LogP contribution is -1.94. The highest BCUT2D eigenvalue weighted by Crippen LogP contribution is 1.96. The molecule has 0 aliphatic carbocycles. The van der Waals surface area contributed by atoms with Crippen LogP contribution in [-0.4, -0.2) is 19.1 Å². The number of hydrogen-bond acceptors (Lipinski definition) is 1. The highest BCUT2D eigenvalue weighted by atomic mass is 35.5. The molecule has 0 heterocycles. The predicted octanol–water partition coefficient (Wildman–Crippen LogP) is 2.60. The molecule has 60 valence electrons. The maximum atomic E-state index is 5.49. The van der Waals surface area contributed by atoms with Gasteiger partial charge >= 0.3 is 0 Å². The molecule has 0 bridgehead atoms. The quantitative estimate of drug-likeness (QED) is 0.446. The molecule has 2 heteroatoms. The fourth-order valence-corrected chi connectivity index (χ4v) is 0.732. The zero-order valence-electron chi connectivity index (χ0n) is 6.69. The second kappa shape index (κ2) is 7.10. The van der Waals surface area contributed by atoms with Crippen molar-refractivity contribution in [2.45, 2.75) is 20.3 Å². The van der Waals surface area contributed by atoms with Gasteiger partial charge in [0.1, 0.15) is 0 Å². The molecule has 0 aromatic rings. The van der Waals surface area contributed by atoms with E-state index in [-0.39, 0.29) is 0 Å². The third-order valence-corrected chi connectivity index (χ3v) is 1.35. The molecule has 0 rings (SSSR count). The molecule has 0 aliphatic rings. The summed E-state index contributed by atoms with van der Waals surface area (Å²) < 4.78 is 5.18. The van der Waals surface area contributed by atoms with E-state index in [1.54, 1.807) is 0 Å². The van der Waals surface area contributed by atoms with E-state index in [1.807, 2.05) is 6.92 Å². The van der Waals surface area contributed by atoms with Crippen molar-refractivity contribution < 1.29 is 4.74 Å². The molecule has 0 saturated heterocycles. The van der Waals surface area contributed by atoms with Crippen LogP contribution in [0.5, 0.6) is 0 Å². The molecule has 0 fully saturated rings. The Kier molecular flexibility index (Phi) is 7.09. The topological polar surface area (TPSA) is 9.23 Å². The van der Waals surface area contributed by atoms with Crippen LogP contribution in [0.4, 0.5) is 0 Å². The Hall–Kier alpha value is -0.0100. The molecule has 0 amide bonds. The van der Waals surface area contributed by atoms with Crippen molar-refractivity contribution in [3.8, 4) is 0 Å². The summed E-state index contributed by atoms with van der Waals surface area (Å²) in [5.41, 5.74) is 1.27. The minimum atomic E-state index is 0.698. The van der Waals surface area contributed by atoms with Crippen LogP contribution in [0.1, 0.15) is 20.3 Å². The zero-order chi connectivity index (χ0) is 7.82. The molecule has 0 N–H and O–H groups in total. The van der Waals surface area contributed by atoms with E-state index in [0.29, 0.717) is 5.88 Å². The molecule has 1 nitrogen and oxygen atoms in total. The third kappa shape index (κ3) is 6.12.